The van der Waals surface area contributed by atoms with Crippen LogP contribution in [0.15, 0.2) is 84.9 Å². The van der Waals surface area contributed by atoms with Crippen molar-refractivity contribution in [3.63, 3.8) is 0 Å². The predicted octanol–water partition coefficient (Wildman–Crippen LogP) is 5.11. The van der Waals surface area contributed by atoms with E-state index in [1.807, 2.05) is 42.5 Å². The number of nitrogens with zero attached hydrogens (tertiary/aromatic N) is 1. The van der Waals surface area contributed by atoms with E-state index in [2.05, 4.69) is 34.5 Å². The van der Waals surface area contributed by atoms with Crippen molar-refractivity contribution in [3.05, 3.63) is 90.5 Å². The zero-order valence-electron chi connectivity index (χ0n) is 13.9. The summed E-state index contributed by atoms with van der Waals surface area (Å²) in [7, 11) is 0. The van der Waals surface area contributed by atoms with Gasteiger partial charge in [-0.15, -0.1) is 0 Å². The van der Waals surface area contributed by atoms with E-state index in [4.69, 9.17) is 5.11 Å². The van der Waals surface area contributed by atoms with Crippen molar-refractivity contribution < 1.29 is 9.90 Å². The third-order valence-corrected chi connectivity index (χ3v) is 4.29. The van der Waals surface area contributed by atoms with Gasteiger partial charge < -0.3 is 5.11 Å². The van der Waals surface area contributed by atoms with Gasteiger partial charge in [0.25, 0.3) is 0 Å². The highest BCUT2D eigenvalue weighted by Crippen LogP contribution is 2.27. The van der Waals surface area contributed by atoms with Crippen LogP contribution in [0.5, 0.6) is 0 Å². The minimum atomic E-state index is -0.945. The summed E-state index contributed by atoms with van der Waals surface area (Å²) >= 11 is 0. The molecule has 0 aliphatic carbocycles. The van der Waals surface area contributed by atoms with Gasteiger partial charge in [-0.05, 0) is 34.9 Å². The van der Waals surface area contributed by atoms with Gasteiger partial charge in [-0.3, -0.25) is 5.10 Å². The molecule has 0 bridgehead atoms. The number of hydrogen-bond acceptors (Lipinski definition) is 2. The SMILES string of the molecule is O=C(O)c1cccc(-c2cc(-c3ccc(-c4ccccc4)cc3)[nH]n2)c1. The molecule has 4 nitrogen and oxygen atoms in total. The number of carboxylic acid groups (broad SMARTS) is 1. The van der Waals surface area contributed by atoms with Gasteiger partial charge in [-0.25, -0.2) is 4.79 Å². The number of rotatable bonds is 4. The van der Waals surface area contributed by atoms with E-state index in [9.17, 15) is 4.79 Å². The quantitative estimate of drug-likeness (QED) is 0.542. The Morgan fingerprint density at radius 1 is 0.731 bits per heavy atom. The van der Waals surface area contributed by atoms with Gasteiger partial charge in [-0.2, -0.15) is 5.10 Å². The van der Waals surface area contributed by atoms with Crippen LogP contribution < -0.4 is 0 Å². The van der Waals surface area contributed by atoms with E-state index < -0.39 is 5.97 Å². The first-order valence-electron chi connectivity index (χ1n) is 8.26. The summed E-state index contributed by atoms with van der Waals surface area (Å²) in [6.07, 6.45) is 0. The summed E-state index contributed by atoms with van der Waals surface area (Å²) in [5.74, 6) is -0.945. The number of aromatic carboxylic acids is 1. The van der Waals surface area contributed by atoms with Crippen LogP contribution in [0.25, 0.3) is 33.6 Å². The van der Waals surface area contributed by atoms with Crippen molar-refractivity contribution in [2.45, 2.75) is 0 Å². The van der Waals surface area contributed by atoms with E-state index in [1.165, 1.54) is 5.56 Å². The van der Waals surface area contributed by atoms with E-state index in [0.717, 1.165) is 28.1 Å². The molecule has 2 N–H and O–H groups in total. The molecule has 0 aliphatic rings. The van der Waals surface area contributed by atoms with Crippen molar-refractivity contribution in [1.82, 2.24) is 10.2 Å². The summed E-state index contributed by atoms with van der Waals surface area (Å²) in [5, 5.41) is 16.5. The average Bonchev–Trinajstić information content (AvgIpc) is 3.19. The molecule has 0 atom stereocenters. The molecule has 0 saturated heterocycles. The topological polar surface area (TPSA) is 66.0 Å². The first kappa shape index (κ1) is 15.8. The van der Waals surface area contributed by atoms with Crippen molar-refractivity contribution in [1.29, 1.82) is 0 Å². The second kappa shape index (κ2) is 6.69. The number of hydrogen-bond donors (Lipinski definition) is 2. The number of aromatic amines is 1. The van der Waals surface area contributed by atoms with Gasteiger partial charge in [0.15, 0.2) is 0 Å². The Morgan fingerprint density at radius 3 is 2.12 bits per heavy atom. The van der Waals surface area contributed by atoms with E-state index in [1.54, 1.807) is 18.2 Å². The number of carboxylic acids is 1. The molecule has 0 spiro atoms. The van der Waals surface area contributed by atoms with Gasteiger partial charge in [0.05, 0.1) is 17.0 Å². The number of nitrogens with one attached hydrogen (secondary N) is 1. The Morgan fingerprint density at radius 2 is 1.38 bits per heavy atom. The van der Waals surface area contributed by atoms with Crippen molar-refractivity contribution >= 4 is 5.97 Å². The number of benzene rings is 3. The van der Waals surface area contributed by atoms with Gasteiger partial charge in [0.1, 0.15) is 0 Å². The normalized spacial score (nSPS) is 10.6. The molecule has 4 heteroatoms. The maximum atomic E-state index is 11.1. The number of carbonyl (C=O) groups is 1. The predicted molar refractivity (Wildman–Crippen MR) is 102 cm³/mol. The zero-order chi connectivity index (χ0) is 17.9. The molecule has 4 rings (SSSR count). The van der Waals surface area contributed by atoms with E-state index in [0.29, 0.717) is 0 Å². The Hall–Kier alpha value is -3.66. The molecule has 0 fully saturated rings. The first-order chi connectivity index (χ1) is 12.7. The lowest BCUT2D eigenvalue weighted by Gasteiger charge is -2.03. The summed E-state index contributed by atoms with van der Waals surface area (Å²) in [5.41, 5.74) is 5.99. The number of aromatic nitrogens is 2. The van der Waals surface area contributed by atoms with Gasteiger partial charge in [0, 0.05) is 5.56 Å². The monoisotopic (exact) mass is 340 g/mol. The molecule has 0 amide bonds. The van der Waals surface area contributed by atoms with Crippen LogP contribution in [-0.4, -0.2) is 21.3 Å². The van der Waals surface area contributed by atoms with E-state index in [-0.39, 0.29) is 5.56 Å². The lowest BCUT2D eigenvalue weighted by atomic mass is 10.0. The Kier molecular flexibility index (Phi) is 4.07. The molecule has 3 aromatic carbocycles. The second-order valence-electron chi connectivity index (χ2n) is 6.00. The fraction of sp³-hybridized carbons (Fsp3) is 0. The molecule has 0 radical (unpaired) electrons. The summed E-state index contributed by atoms with van der Waals surface area (Å²) < 4.78 is 0. The highest BCUT2D eigenvalue weighted by Gasteiger charge is 2.09. The Bertz CT molecular complexity index is 1050. The third-order valence-electron chi connectivity index (χ3n) is 4.29. The summed E-state index contributed by atoms with van der Waals surface area (Å²) in [4.78, 5) is 11.1. The Balaban J connectivity index is 1.62. The van der Waals surface area contributed by atoms with Crippen LogP contribution in [0.1, 0.15) is 10.4 Å². The lowest BCUT2D eigenvalue weighted by Crippen LogP contribution is -1.95. The van der Waals surface area contributed by atoms with Gasteiger partial charge in [0.2, 0.25) is 0 Å². The van der Waals surface area contributed by atoms with Crippen LogP contribution in [0, 0.1) is 0 Å². The fourth-order valence-corrected chi connectivity index (χ4v) is 2.90. The molecule has 126 valence electrons. The number of H-pyrrole nitrogens is 1. The molecule has 4 aromatic rings. The molecule has 26 heavy (non-hydrogen) atoms. The Labute approximate surface area is 150 Å². The second-order valence-corrected chi connectivity index (χ2v) is 6.00. The van der Waals surface area contributed by atoms with Crippen LogP contribution in [-0.2, 0) is 0 Å². The fourth-order valence-electron chi connectivity index (χ4n) is 2.90. The molecule has 1 aromatic heterocycles. The minimum Gasteiger partial charge on any atom is -0.478 e. The zero-order valence-corrected chi connectivity index (χ0v) is 13.9. The lowest BCUT2D eigenvalue weighted by molar-refractivity contribution is 0.0697. The molecule has 0 aliphatic heterocycles. The maximum Gasteiger partial charge on any atom is 0.335 e. The molecule has 1 heterocycles. The van der Waals surface area contributed by atoms with Crippen molar-refractivity contribution in [2.75, 3.05) is 0 Å². The first-order valence-corrected chi connectivity index (χ1v) is 8.26. The third kappa shape index (κ3) is 3.13. The standard InChI is InChI=1S/C22H16N2O2/c25-22(26)19-8-4-7-18(13-19)21-14-20(23-24-21)17-11-9-16(10-12-17)15-5-2-1-3-6-15/h1-14H,(H,23,24)(H,25,26). The van der Waals surface area contributed by atoms with Crippen molar-refractivity contribution in [3.8, 4) is 33.6 Å². The van der Waals surface area contributed by atoms with Crippen LogP contribution >= 0.6 is 0 Å². The average molecular weight is 340 g/mol. The van der Waals surface area contributed by atoms with Crippen LogP contribution in [0.4, 0.5) is 0 Å². The molecular weight excluding hydrogens is 324 g/mol. The minimum absolute atomic E-state index is 0.249. The molecular formula is C22H16N2O2. The maximum absolute atomic E-state index is 11.1. The van der Waals surface area contributed by atoms with Crippen LogP contribution in [0.3, 0.4) is 0 Å². The van der Waals surface area contributed by atoms with Crippen LogP contribution in [0.2, 0.25) is 0 Å². The molecule has 0 saturated carbocycles. The summed E-state index contributed by atoms with van der Waals surface area (Å²) in [6, 6.07) is 27.2. The van der Waals surface area contributed by atoms with Gasteiger partial charge in [-0.1, -0.05) is 66.7 Å². The largest absolute Gasteiger partial charge is 0.478 e. The van der Waals surface area contributed by atoms with Gasteiger partial charge >= 0.3 is 5.97 Å². The smallest absolute Gasteiger partial charge is 0.335 e. The highest BCUT2D eigenvalue weighted by atomic mass is 16.4. The molecule has 0 unspecified atom stereocenters. The van der Waals surface area contributed by atoms with Crippen molar-refractivity contribution in [2.24, 2.45) is 0 Å². The summed E-state index contributed by atoms with van der Waals surface area (Å²) in [6.45, 7) is 0. The highest BCUT2D eigenvalue weighted by molar-refractivity contribution is 5.89. The van der Waals surface area contributed by atoms with E-state index >= 15 is 0 Å².